The summed E-state index contributed by atoms with van der Waals surface area (Å²) in [7, 11) is -1.59. The van der Waals surface area contributed by atoms with E-state index < -0.39 is 55.0 Å². The number of esters is 1. The normalized spacial score (nSPS) is 24.4. The van der Waals surface area contributed by atoms with Gasteiger partial charge in [0.15, 0.2) is 6.17 Å². The molecule has 0 bridgehead atoms. The van der Waals surface area contributed by atoms with Crippen molar-refractivity contribution in [3.05, 3.63) is 47.0 Å². The molecule has 1 aliphatic rings. The molecule has 6 atom stereocenters. The molecular formula is C20H26FN4O8PS. The van der Waals surface area contributed by atoms with E-state index in [0.29, 0.717) is 5.75 Å². The van der Waals surface area contributed by atoms with Gasteiger partial charge in [-0.05, 0) is 37.3 Å². The number of nitrogens with zero attached hydrogens (tertiary/aromatic N) is 2. The summed E-state index contributed by atoms with van der Waals surface area (Å²) in [5, 5.41) is 10.8. The van der Waals surface area contributed by atoms with Crippen LogP contribution in [-0.2, 0) is 18.6 Å². The van der Waals surface area contributed by atoms with Gasteiger partial charge in [0.05, 0.1) is 26.1 Å². The van der Waals surface area contributed by atoms with Crippen LogP contribution in [-0.4, -0.2) is 65.0 Å². The third-order valence-corrected chi connectivity index (χ3v) is 8.19. The van der Waals surface area contributed by atoms with Crippen molar-refractivity contribution in [3.63, 3.8) is 0 Å². The Morgan fingerprint density at radius 1 is 1.31 bits per heavy atom. The predicted octanol–water partition coefficient (Wildman–Crippen LogP) is 1.50. The van der Waals surface area contributed by atoms with E-state index in [1.54, 1.807) is 12.1 Å². The van der Waals surface area contributed by atoms with Crippen LogP contribution in [0.25, 0.3) is 0 Å². The number of anilines is 1. The van der Waals surface area contributed by atoms with Crippen LogP contribution in [0.5, 0.6) is 11.5 Å². The number of halogens is 1. The first-order chi connectivity index (χ1) is 16.6. The van der Waals surface area contributed by atoms with Gasteiger partial charge < -0.3 is 24.8 Å². The van der Waals surface area contributed by atoms with Crippen molar-refractivity contribution in [1.82, 2.24) is 14.6 Å². The molecule has 0 aliphatic carbocycles. The van der Waals surface area contributed by atoms with E-state index in [0.717, 1.165) is 23.4 Å². The molecule has 15 heteroatoms. The molecular weight excluding hydrogens is 506 g/mol. The Morgan fingerprint density at radius 3 is 2.57 bits per heavy atom. The number of nitrogens with two attached hydrogens (primary N) is 1. The van der Waals surface area contributed by atoms with E-state index in [1.807, 2.05) is 0 Å². The van der Waals surface area contributed by atoms with Crippen LogP contribution in [0.15, 0.2) is 41.3 Å². The fourth-order valence-corrected chi connectivity index (χ4v) is 6.22. The number of benzene rings is 1. The number of aliphatic hydroxyl groups is 1. The fourth-order valence-electron chi connectivity index (χ4n) is 3.19. The summed E-state index contributed by atoms with van der Waals surface area (Å²) in [4.78, 5) is 27.5. The van der Waals surface area contributed by atoms with Gasteiger partial charge in [-0.1, -0.05) is 0 Å². The largest absolute Gasteiger partial charge is 0.497 e. The maximum absolute atomic E-state index is 14.9. The number of thioether (sulfide) groups is 1. The number of rotatable bonds is 10. The molecule has 1 fully saturated rings. The van der Waals surface area contributed by atoms with Gasteiger partial charge in [-0.2, -0.15) is 10.1 Å². The predicted molar refractivity (Wildman–Crippen MR) is 126 cm³/mol. The first kappa shape index (κ1) is 27.0. The maximum atomic E-state index is 14.9. The van der Waals surface area contributed by atoms with Crippen molar-refractivity contribution in [2.24, 2.45) is 0 Å². The molecule has 2 unspecified atom stereocenters. The Labute approximate surface area is 204 Å². The third kappa shape index (κ3) is 6.53. The molecule has 0 saturated carbocycles. The standard InChI is InChI=1S/C20H26FN4O8PS/c1-11(19(27)31-3)24-34(29,33-13-6-4-12(30-2)5-7-13)32-10-14-17(26)16(21)18(35-14)25-9-8-15(22)23-20(25)28/h4-9,11,14,16-18,26H,10H2,1-3H3,(H,24,29)(H2,22,23,28)/t11?,14-,16+,17-,18-,34?/m1/s1. The molecule has 12 nitrogen and oxygen atoms in total. The van der Waals surface area contributed by atoms with Crippen LogP contribution in [0, 0.1) is 0 Å². The van der Waals surface area contributed by atoms with Crippen molar-refractivity contribution in [2.75, 3.05) is 26.6 Å². The number of alkyl halides is 1. The number of hydrogen-bond donors (Lipinski definition) is 3. The number of hydrogen-bond acceptors (Lipinski definition) is 11. The molecule has 0 spiro atoms. The number of ether oxygens (including phenoxy) is 2. The van der Waals surface area contributed by atoms with Gasteiger partial charge in [-0.3, -0.25) is 13.9 Å². The molecule has 0 radical (unpaired) electrons. The van der Waals surface area contributed by atoms with Gasteiger partial charge in [0, 0.05) is 6.20 Å². The quantitative estimate of drug-likeness (QED) is 0.299. The number of carbonyl (C=O) groups is 1. The number of methoxy groups -OCH3 is 2. The van der Waals surface area contributed by atoms with E-state index in [1.165, 1.54) is 38.4 Å². The average Bonchev–Trinajstić information content (AvgIpc) is 3.11. The number of nitrogens with one attached hydrogen (secondary N) is 1. The van der Waals surface area contributed by atoms with E-state index in [9.17, 15) is 23.7 Å². The lowest BCUT2D eigenvalue weighted by molar-refractivity contribution is -0.142. The lowest BCUT2D eigenvalue weighted by Gasteiger charge is -2.24. The highest BCUT2D eigenvalue weighted by Gasteiger charge is 2.46. The van der Waals surface area contributed by atoms with Crippen molar-refractivity contribution in [3.8, 4) is 11.5 Å². The van der Waals surface area contributed by atoms with E-state index >= 15 is 0 Å². The van der Waals surface area contributed by atoms with E-state index in [-0.39, 0.29) is 11.6 Å². The Kier molecular flexibility index (Phi) is 8.78. The third-order valence-electron chi connectivity index (χ3n) is 5.02. The monoisotopic (exact) mass is 532 g/mol. The van der Waals surface area contributed by atoms with Crippen LogP contribution < -0.4 is 25.8 Å². The highest BCUT2D eigenvalue weighted by Crippen LogP contribution is 2.49. The van der Waals surface area contributed by atoms with Crippen LogP contribution in [0.1, 0.15) is 12.3 Å². The summed E-state index contributed by atoms with van der Waals surface area (Å²) in [5.41, 5.74) is 4.70. The van der Waals surface area contributed by atoms with Gasteiger partial charge in [0.2, 0.25) is 0 Å². The molecule has 2 aromatic rings. The molecule has 3 rings (SSSR count). The molecule has 35 heavy (non-hydrogen) atoms. The average molecular weight is 532 g/mol. The van der Waals surface area contributed by atoms with E-state index in [4.69, 9.17) is 19.5 Å². The zero-order valence-corrected chi connectivity index (χ0v) is 20.8. The van der Waals surface area contributed by atoms with Crippen LogP contribution in [0.2, 0.25) is 0 Å². The summed E-state index contributed by atoms with van der Waals surface area (Å²) in [6, 6.07) is 6.35. The van der Waals surface area contributed by atoms with Gasteiger partial charge in [-0.15, -0.1) is 11.8 Å². The Morgan fingerprint density at radius 2 is 1.97 bits per heavy atom. The molecule has 0 amide bonds. The molecule has 4 N–H and O–H groups in total. The molecule has 1 aromatic carbocycles. The Bertz CT molecular complexity index is 1140. The van der Waals surface area contributed by atoms with Crippen molar-refractivity contribution >= 4 is 31.3 Å². The van der Waals surface area contributed by atoms with Crippen LogP contribution >= 0.6 is 19.5 Å². The second-order valence-corrected chi connectivity index (χ2v) is 10.5. The van der Waals surface area contributed by atoms with Gasteiger partial charge in [-0.25, -0.2) is 13.8 Å². The summed E-state index contributed by atoms with van der Waals surface area (Å²) in [6.45, 7) is 0.959. The zero-order chi connectivity index (χ0) is 25.8. The van der Waals surface area contributed by atoms with E-state index in [2.05, 4.69) is 14.8 Å². The number of carbonyl (C=O) groups excluding carboxylic acids is 1. The van der Waals surface area contributed by atoms with Crippen LogP contribution in [0.4, 0.5) is 10.2 Å². The molecule has 1 saturated heterocycles. The fraction of sp³-hybridized carbons (Fsp3) is 0.450. The lowest BCUT2D eigenvalue weighted by Crippen LogP contribution is -2.36. The maximum Gasteiger partial charge on any atom is 0.459 e. The minimum atomic E-state index is -4.23. The number of aromatic nitrogens is 2. The summed E-state index contributed by atoms with van der Waals surface area (Å²) in [6.07, 6.45) is -2.12. The Balaban J connectivity index is 1.76. The zero-order valence-electron chi connectivity index (χ0n) is 19.1. The first-order valence-corrected chi connectivity index (χ1v) is 12.8. The minimum absolute atomic E-state index is 0.0208. The summed E-state index contributed by atoms with van der Waals surface area (Å²) < 4.78 is 50.1. The second kappa shape index (κ2) is 11.4. The molecule has 192 valence electrons. The topological polar surface area (TPSA) is 164 Å². The van der Waals surface area contributed by atoms with Crippen molar-refractivity contribution in [2.45, 2.75) is 35.9 Å². The van der Waals surface area contributed by atoms with Gasteiger partial charge in [0.1, 0.15) is 34.8 Å². The highest BCUT2D eigenvalue weighted by atomic mass is 32.2. The minimum Gasteiger partial charge on any atom is -0.497 e. The van der Waals surface area contributed by atoms with Crippen LogP contribution in [0.3, 0.4) is 0 Å². The highest BCUT2D eigenvalue weighted by molar-refractivity contribution is 8.00. The molecule has 1 aromatic heterocycles. The first-order valence-electron chi connectivity index (χ1n) is 10.3. The number of aliphatic hydroxyl groups excluding tert-OH is 1. The molecule has 1 aliphatic heterocycles. The van der Waals surface area contributed by atoms with Crippen molar-refractivity contribution < 1.29 is 37.4 Å². The van der Waals surface area contributed by atoms with Gasteiger partial charge >= 0.3 is 19.4 Å². The summed E-state index contributed by atoms with van der Waals surface area (Å²) in [5.74, 6) is -0.0741. The molecule has 2 heterocycles. The smallest absolute Gasteiger partial charge is 0.459 e. The van der Waals surface area contributed by atoms with Gasteiger partial charge in [0.25, 0.3) is 0 Å². The number of nitrogen functional groups attached to an aromatic ring is 1. The second-order valence-electron chi connectivity index (χ2n) is 7.48. The SMILES string of the molecule is COC(=O)C(C)NP(=O)(OC[C@H]1S[C@@H](n2ccc(N)nc2=O)[C@@H](F)[C@@H]1O)Oc1ccc(OC)cc1. The van der Waals surface area contributed by atoms with Crippen molar-refractivity contribution in [1.29, 1.82) is 0 Å². The lowest BCUT2D eigenvalue weighted by atomic mass is 10.1. The Hall–Kier alpha value is -2.64. The summed E-state index contributed by atoms with van der Waals surface area (Å²) >= 11 is 0.901.